The van der Waals surface area contributed by atoms with Gasteiger partial charge in [-0.15, -0.1) is 0 Å². The highest BCUT2D eigenvalue weighted by Gasteiger charge is 2.35. The zero-order valence-corrected chi connectivity index (χ0v) is 21.5. The first kappa shape index (κ1) is 27.3. The molecule has 0 atom stereocenters. The Balaban J connectivity index is 1.37. The van der Waals surface area contributed by atoms with E-state index in [1.54, 1.807) is 13.2 Å². The number of hydrogen-bond donors (Lipinski definition) is 2. The predicted octanol–water partition coefficient (Wildman–Crippen LogP) is 4.90. The molecule has 1 saturated heterocycles. The van der Waals surface area contributed by atoms with E-state index in [1.165, 1.54) is 18.2 Å². The number of pyridine rings is 2. The van der Waals surface area contributed by atoms with Crippen LogP contribution >= 0.6 is 11.6 Å². The van der Waals surface area contributed by atoms with E-state index in [4.69, 9.17) is 22.1 Å². The van der Waals surface area contributed by atoms with Crippen LogP contribution in [0.3, 0.4) is 0 Å². The summed E-state index contributed by atoms with van der Waals surface area (Å²) in [6, 6.07) is 10.9. The second-order valence-electron chi connectivity index (χ2n) is 8.75. The molecule has 4 rings (SSSR count). The fourth-order valence-electron chi connectivity index (χ4n) is 4.26. The van der Waals surface area contributed by atoms with Crippen molar-refractivity contribution in [2.45, 2.75) is 12.6 Å². The first-order valence-electron chi connectivity index (χ1n) is 12.0. The van der Waals surface area contributed by atoms with Gasteiger partial charge in [-0.25, -0.2) is 9.97 Å². The first-order chi connectivity index (χ1) is 18.2. The van der Waals surface area contributed by atoms with E-state index < -0.39 is 11.7 Å². The maximum absolute atomic E-state index is 13.9. The Morgan fingerprint density at radius 3 is 2.55 bits per heavy atom. The Kier molecular flexibility index (Phi) is 8.44. The SMILES string of the molecule is CNc1cc(-c2ccc(OCCCN3CCN(c4ccc(Cl)cn4)CC3)c(C(F)(F)F)c2)nc(C#N)c1N. The second kappa shape index (κ2) is 11.8. The Bertz CT molecular complexity index is 1300. The lowest BCUT2D eigenvalue weighted by atomic mass is 10.0. The third-order valence-corrected chi connectivity index (χ3v) is 6.52. The topological polar surface area (TPSA) is 103 Å². The fraction of sp³-hybridized carbons (Fsp3) is 0.346. The van der Waals surface area contributed by atoms with Crippen LogP contribution in [-0.2, 0) is 6.18 Å². The lowest BCUT2D eigenvalue weighted by molar-refractivity contribution is -0.138. The molecule has 0 radical (unpaired) electrons. The van der Waals surface area contributed by atoms with E-state index >= 15 is 0 Å². The van der Waals surface area contributed by atoms with Crippen molar-refractivity contribution in [3.05, 3.63) is 58.9 Å². The van der Waals surface area contributed by atoms with Crippen LogP contribution in [0.15, 0.2) is 42.6 Å². The van der Waals surface area contributed by atoms with Gasteiger partial charge in [0, 0.05) is 51.5 Å². The third-order valence-electron chi connectivity index (χ3n) is 6.30. The summed E-state index contributed by atoms with van der Waals surface area (Å²) in [5, 5.41) is 12.7. The minimum atomic E-state index is -4.63. The molecule has 38 heavy (non-hydrogen) atoms. The summed E-state index contributed by atoms with van der Waals surface area (Å²) in [5.41, 5.74) is 5.85. The molecular formula is C26H27ClF3N7O. The molecule has 3 aromatic rings. The molecule has 0 saturated carbocycles. The molecule has 200 valence electrons. The molecule has 2 aromatic heterocycles. The molecule has 1 aliphatic rings. The summed E-state index contributed by atoms with van der Waals surface area (Å²) < 4.78 is 47.2. The number of hydrogen-bond acceptors (Lipinski definition) is 8. The van der Waals surface area contributed by atoms with Crippen molar-refractivity contribution in [2.24, 2.45) is 0 Å². The maximum atomic E-state index is 13.9. The number of rotatable bonds is 8. The summed E-state index contributed by atoms with van der Waals surface area (Å²) in [6.45, 7) is 4.10. The lowest BCUT2D eigenvalue weighted by Gasteiger charge is -2.35. The van der Waals surface area contributed by atoms with Gasteiger partial charge in [0.05, 0.1) is 34.3 Å². The van der Waals surface area contributed by atoms with Gasteiger partial charge in [-0.2, -0.15) is 18.4 Å². The molecule has 12 heteroatoms. The highest BCUT2D eigenvalue weighted by Crippen LogP contribution is 2.39. The van der Waals surface area contributed by atoms with Gasteiger partial charge in [0.25, 0.3) is 0 Å². The largest absolute Gasteiger partial charge is 0.493 e. The van der Waals surface area contributed by atoms with E-state index in [1.807, 2.05) is 18.2 Å². The number of nitrogens with two attached hydrogens (primary N) is 1. The number of ether oxygens (including phenoxy) is 1. The van der Waals surface area contributed by atoms with Gasteiger partial charge in [-0.3, -0.25) is 4.90 Å². The van der Waals surface area contributed by atoms with Gasteiger partial charge in [-0.05, 0) is 42.8 Å². The number of alkyl halides is 3. The average Bonchev–Trinajstić information content (AvgIpc) is 2.91. The summed E-state index contributed by atoms with van der Waals surface area (Å²) in [4.78, 5) is 12.9. The standard InChI is InChI=1S/C26H27ClF3N7O/c1-33-21-14-20(35-22(15-31)25(21)32)17-3-5-23(19(13-17)26(28,29)30)38-12-2-7-36-8-10-37(11-9-36)24-6-4-18(27)16-34-24/h3-6,13-14,16H,2,7-12,32H2,1H3,(H,33,35). The number of halogens is 4. The molecule has 1 fully saturated rings. The number of anilines is 3. The smallest absolute Gasteiger partial charge is 0.419 e. The van der Waals surface area contributed by atoms with Crippen LogP contribution in [0.4, 0.5) is 30.4 Å². The van der Waals surface area contributed by atoms with Crippen LogP contribution in [-0.4, -0.2) is 61.2 Å². The van der Waals surface area contributed by atoms with E-state index in [2.05, 4.69) is 25.1 Å². The number of benzene rings is 1. The zero-order chi connectivity index (χ0) is 27.3. The third kappa shape index (κ3) is 6.38. The maximum Gasteiger partial charge on any atom is 0.419 e. The number of nitrogen functional groups attached to an aromatic ring is 1. The fourth-order valence-corrected chi connectivity index (χ4v) is 4.37. The molecule has 0 bridgehead atoms. The van der Waals surface area contributed by atoms with Crippen LogP contribution in [0.25, 0.3) is 11.3 Å². The highest BCUT2D eigenvalue weighted by atomic mass is 35.5. The quantitative estimate of drug-likeness (QED) is 0.385. The zero-order valence-electron chi connectivity index (χ0n) is 20.7. The molecule has 0 spiro atoms. The summed E-state index contributed by atoms with van der Waals surface area (Å²) in [5.74, 6) is 0.630. The van der Waals surface area contributed by atoms with Gasteiger partial charge in [0.1, 0.15) is 17.6 Å². The second-order valence-corrected chi connectivity index (χ2v) is 9.19. The molecular weight excluding hydrogens is 519 g/mol. The first-order valence-corrected chi connectivity index (χ1v) is 12.4. The van der Waals surface area contributed by atoms with Gasteiger partial charge in [0.2, 0.25) is 0 Å². The van der Waals surface area contributed by atoms with Crippen molar-refractivity contribution in [1.29, 1.82) is 5.26 Å². The summed E-state index contributed by atoms with van der Waals surface area (Å²) in [7, 11) is 1.60. The monoisotopic (exact) mass is 545 g/mol. The van der Waals surface area contributed by atoms with Crippen LogP contribution in [0, 0.1) is 11.3 Å². The number of nitrogens with zero attached hydrogens (tertiary/aromatic N) is 5. The Labute approximate surface area is 223 Å². The van der Waals surface area contributed by atoms with Crippen LogP contribution in [0.1, 0.15) is 17.7 Å². The molecule has 0 unspecified atom stereocenters. The van der Waals surface area contributed by atoms with Crippen LogP contribution in [0.5, 0.6) is 5.75 Å². The van der Waals surface area contributed by atoms with Crippen molar-refractivity contribution >= 4 is 28.8 Å². The van der Waals surface area contributed by atoms with Crippen molar-refractivity contribution < 1.29 is 17.9 Å². The Hall–Kier alpha value is -3.75. The van der Waals surface area contributed by atoms with E-state index in [-0.39, 0.29) is 35.0 Å². The Morgan fingerprint density at radius 1 is 1.16 bits per heavy atom. The van der Waals surface area contributed by atoms with Crippen molar-refractivity contribution in [2.75, 3.05) is 62.3 Å². The van der Waals surface area contributed by atoms with Crippen molar-refractivity contribution in [3.63, 3.8) is 0 Å². The number of nitrogens with one attached hydrogen (secondary N) is 1. The number of piperazine rings is 1. The number of aromatic nitrogens is 2. The summed E-state index contributed by atoms with van der Waals surface area (Å²) >= 11 is 5.90. The summed E-state index contributed by atoms with van der Waals surface area (Å²) in [6.07, 6.45) is -2.43. The normalized spacial score (nSPS) is 14.3. The molecule has 3 heterocycles. The van der Waals surface area contributed by atoms with Crippen LogP contribution in [0.2, 0.25) is 5.02 Å². The molecule has 0 amide bonds. The van der Waals surface area contributed by atoms with Gasteiger partial charge in [-0.1, -0.05) is 11.6 Å². The minimum Gasteiger partial charge on any atom is -0.493 e. The molecule has 3 N–H and O–H groups in total. The van der Waals surface area contributed by atoms with E-state index in [0.717, 1.165) is 38.1 Å². The van der Waals surface area contributed by atoms with E-state index in [9.17, 15) is 18.4 Å². The van der Waals surface area contributed by atoms with Crippen molar-refractivity contribution in [1.82, 2.24) is 14.9 Å². The van der Waals surface area contributed by atoms with Gasteiger partial charge < -0.3 is 20.7 Å². The lowest BCUT2D eigenvalue weighted by Crippen LogP contribution is -2.47. The van der Waals surface area contributed by atoms with Crippen LogP contribution < -0.4 is 20.7 Å². The predicted molar refractivity (Wildman–Crippen MR) is 141 cm³/mol. The molecule has 8 nitrogen and oxygen atoms in total. The highest BCUT2D eigenvalue weighted by molar-refractivity contribution is 6.30. The van der Waals surface area contributed by atoms with Gasteiger partial charge in [0.15, 0.2) is 5.69 Å². The van der Waals surface area contributed by atoms with E-state index in [0.29, 0.717) is 23.7 Å². The van der Waals surface area contributed by atoms with Gasteiger partial charge >= 0.3 is 6.18 Å². The average molecular weight is 546 g/mol. The minimum absolute atomic E-state index is 0.0639. The molecule has 1 aliphatic heterocycles. The number of nitriles is 1. The molecule has 1 aromatic carbocycles. The Morgan fingerprint density at radius 2 is 1.92 bits per heavy atom. The van der Waals surface area contributed by atoms with Crippen molar-refractivity contribution in [3.8, 4) is 23.1 Å². The molecule has 0 aliphatic carbocycles.